The number of hydrogen-bond acceptors (Lipinski definition) is 4. The van der Waals surface area contributed by atoms with E-state index in [2.05, 4.69) is 4.98 Å². The molecule has 1 aromatic heterocycles. The normalized spacial score (nSPS) is 10.4. The molecule has 0 radical (unpaired) electrons. The number of nitrogens with zero attached hydrogens (tertiary/aromatic N) is 2. The van der Waals surface area contributed by atoms with Gasteiger partial charge in [-0.25, -0.2) is 8.78 Å². The van der Waals surface area contributed by atoms with Crippen LogP contribution in [-0.4, -0.2) is 16.2 Å². The number of hydrogen-bond donors (Lipinski definition) is 0. The number of aromatic nitrogens is 1. The highest BCUT2D eigenvalue weighted by molar-refractivity contribution is 6.30. The molecule has 0 amide bonds. The number of rotatable bonds is 3. The van der Waals surface area contributed by atoms with Crippen LogP contribution < -0.4 is 0 Å². The Labute approximate surface area is 86.8 Å². The Bertz CT molecular complexity index is 425. The molecule has 0 N–H and O–H groups in total. The molecule has 1 heterocycles. The highest BCUT2D eigenvalue weighted by Crippen LogP contribution is 2.30. The highest BCUT2D eigenvalue weighted by Gasteiger charge is 2.25. The summed E-state index contributed by atoms with van der Waals surface area (Å²) in [4.78, 5) is 22.9. The fourth-order valence-electron chi connectivity index (χ4n) is 0.936. The molecule has 0 spiro atoms. The van der Waals surface area contributed by atoms with Gasteiger partial charge in [0.1, 0.15) is 0 Å². The first kappa shape index (κ1) is 11.4. The van der Waals surface area contributed by atoms with Gasteiger partial charge in [0.25, 0.3) is 11.6 Å². The molecular formula is C7H3ClF2N2O3. The first-order valence-corrected chi connectivity index (χ1v) is 3.93. The highest BCUT2D eigenvalue weighted by atomic mass is 35.5. The predicted octanol–water partition coefficient (Wildman–Crippen LogP) is 2.39. The molecule has 80 valence electrons. The number of carbonyl (C=O) groups is 1. The van der Waals surface area contributed by atoms with Gasteiger partial charge in [-0.05, 0) is 21.5 Å². The van der Waals surface area contributed by atoms with Crippen molar-refractivity contribution >= 4 is 23.7 Å². The predicted molar refractivity (Wildman–Crippen MR) is 46.2 cm³/mol. The van der Waals surface area contributed by atoms with E-state index in [-0.39, 0.29) is 6.29 Å². The lowest BCUT2D eigenvalue weighted by atomic mass is 10.1. The second-order valence-electron chi connectivity index (χ2n) is 2.45. The van der Waals surface area contributed by atoms with Gasteiger partial charge in [0, 0.05) is 11.6 Å². The van der Waals surface area contributed by atoms with Gasteiger partial charge >= 0.3 is 5.82 Å². The van der Waals surface area contributed by atoms with Crippen LogP contribution in [0.3, 0.4) is 0 Å². The van der Waals surface area contributed by atoms with Gasteiger partial charge in [0.2, 0.25) is 0 Å². The summed E-state index contributed by atoms with van der Waals surface area (Å²) in [5.74, 6) is -0.744. The minimum Gasteiger partial charge on any atom is -0.358 e. The van der Waals surface area contributed by atoms with Crippen molar-refractivity contribution in [3.05, 3.63) is 32.5 Å². The molecule has 1 aromatic rings. The van der Waals surface area contributed by atoms with Gasteiger partial charge in [-0.1, -0.05) is 0 Å². The van der Waals surface area contributed by atoms with Crippen LogP contribution in [0.1, 0.15) is 22.3 Å². The third-order valence-electron chi connectivity index (χ3n) is 1.56. The fraction of sp³-hybridized carbons (Fsp3) is 0.143. The van der Waals surface area contributed by atoms with Crippen LogP contribution >= 0.6 is 11.6 Å². The summed E-state index contributed by atoms with van der Waals surface area (Å²) in [6, 6.07) is 0.653. The van der Waals surface area contributed by atoms with Crippen LogP contribution in [0.25, 0.3) is 0 Å². The fourth-order valence-corrected chi connectivity index (χ4v) is 1.21. The largest absolute Gasteiger partial charge is 0.365 e. The molecule has 15 heavy (non-hydrogen) atoms. The van der Waals surface area contributed by atoms with Gasteiger partial charge in [-0.15, -0.1) is 0 Å². The lowest BCUT2D eigenvalue weighted by Crippen LogP contribution is -2.01. The first-order chi connectivity index (χ1) is 6.97. The van der Waals surface area contributed by atoms with Crippen LogP contribution in [0.2, 0.25) is 5.15 Å². The van der Waals surface area contributed by atoms with Gasteiger partial charge in [-0.3, -0.25) is 4.79 Å². The van der Waals surface area contributed by atoms with Crippen LogP contribution in [0.15, 0.2) is 6.07 Å². The maximum atomic E-state index is 12.4. The Balaban J connectivity index is 3.43. The molecule has 0 aliphatic heterocycles. The first-order valence-electron chi connectivity index (χ1n) is 3.55. The average Bonchev–Trinajstić information content (AvgIpc) is 2.15. The lowest BCUT2D eigenvalue weighted by molar-refractivity contribution is -0.389. The number of halogens is 3. The SMILES string of the molecule is O=Cc1cc([N+](=O)[O-])nc(Cl)c1C(F)F. The Morgan fingerprint density at radius 2 is 2.20 bits per heavy atom. The molecule has 0 bridgehead atoms. The van der Waals surface area contributed by atoms with Crippen molar-refractivity contribution in [3.63, 3.8) is 0 Å². The Kier molecular flexibility index (Phi) is 3.25. The quantitative estimate of drug-likeness (QED) is 0.350. The van der Waals surface area contributed by atoms with Crippen LogP contribution in [-0.2, 0) is 0 Å². The summed E-state index contributed by atoms with van der Waals surface area (Å²) in [6.45, 7) is 0. The standard InChI is InChI=1S/C7H3ClF2N2O3/c8-6-5(7(9)10)3(2-13)1-4(11-6)12(14)15/h1-2,7H. The summed E-state index contributed by atoms with van der Waals surface area (Å²) in [7, 11) is 0. The molecule has 0 saturated carbocycles. The monoisotopic (exact) mass is 236 g/mol. The number of carbonyl (C=O) groups excluding carboxylic acids is 1. The molecule has 0 aliphatic carbocycles. The third-order valence-corrected chi connectivity index (χ3v) is 1.85. The summed E-state index contributed by atoms with van der Waals surface area (Å²) >= 11 is 5.30. The smallest absolute Gasteiger partial charge is 0.358 e. The third kappa shape index (κ3) is 2.24. The van der Waals surface area contributed by atoms with Crippen molar-refractivity contribution in [1.82, 2.24) is 4.98 Å². The summed E-state index contributed by atoms with van der Waals surface area (Å²) < 4.78 is 24.7. The summed E-state index contributed by atoms with van der Waals surface area (Å²) in [5.41, 5.74) is -1.33. The van der Waals surface area contributed by atoms with Crippen molar-refractivity contribution in [2.75, 3.05) is 0 Å². The lowest BCUT2D eigenvalue weighted by Gasteiger charge is -2.02. The zero-order valence-electron chi connectivity index (χ0n) is 6.99. The maximum absolute atomic E-state index is 12.4. The zero-order valence-corrected chi connectivity index (χ0v) is 7.74. The molecule has 5 nitrogen and oxygen atoms in total. The van der Waals surface area contributed by atoms with Crippen molar-refractivity contribution in [2.24, 2.45) is 0 Å². The Morgan fingerprint density at radius 1 is 1.60 bits per heavy atom. The molecule has 0 atom stereocenters. The van der Waals surface area contributed by atoms with Crippen molar-refractivity contribution in [1.29, 1.82) is 0 Å². The van der Waals surface area contributed by atoms with Crippen LogP contribution in [0.5, 0.6) is 0 Å². The van der Waals surface area contributed by atoms with Crippen molar-refractivity contribution in [2.45, 2.75) is 6.43 Å². The van der Waals surface area contributed by atoms with Gasteiger partial charge in [0.05, 0.1) is 5.56 Å². The van der Waals surface area contributed by atoms with E-state index in [1.807, 2.05) is 0 Å². The van der Waals surface area contributed by atoms with E-state index < -0.39 is 33.4 Å². The van der Waals surface area contributed by atoms with Crippen molar-refractivity contribution < 1.29 is 18.5 Å². The average molecular weight is 237 g/mol. The second-order valence-corrected chi connectivity index (χ2v) is 2.81. The number of nitro groups is 1. The van der Waals surface area contributed by atoms with E-state index in [4.69, 9.17) is 11.6 Å². The molecule has 0 aliphatic rings. The molecular weight excluding hydrogens is 234 g/mol. The van der Waals surface area contributed by atoms with Gasteiger partial charge in [-0.2, -0.15) is 0 Å². The van der Waals surface area contributed by atoms with Crippen LogP contribution in [0.4, 0.5) is 14.6 Å². The molecule has 0 saturated heterocycles. The topological polar surface area (TPSA) is 73.1 Å². The van der Waals surface area contributed by atoms with E-state index in [0.717, 1.165) is 0 Å². The number of aldehydes is 1. The number of alkyl halides is 2. The van der Waals surface area contributed by atoms with Gasteiger partial charge < -0.3 is 10.1 Å². The minimum absolute atomic E-state index is 0.0715. The molecule has 0 unspecified atom stereocenters. The molecule has 0 fully saturated rings. The number of pyridine rings is 1. The van der Waals surface area contributed by atoms with E-state index >= 15 is 0 Å². The van der Waals surface area contributed by atoms with Gasteiger partial charge in [0.15, 0.2) is 6.29 Å². The zero-order chi connectivity index (χ0) is 11.6. The van der Waals surface area contributed by atoms with E-state index in [1.54, 1.807) is 0 Å². The van der Waals surface area contributed by atoms with E-state index in [0.29, 0.717) is 6.07 Å². The second kappa shape index (κ2) is 4.26. The Hall–Kier alpha value is -1.63. The molecule has 0 aromatic carbocycles. The minimum atomic E-state index is -3.01. The maximum Gasteiger partial charge on any atom is 0.365 e. The van der Waals surface area contributed by atoms with Crippen LogP contribution in [0, 0.1) is 10.1 Å². The van der Waals surface area contributed by atoms with E-state index in [9.17, 15) is 23.7 Å². The van der Waals surface area contributed by atoms with Crippen molar-refractivity contribution in [3.8, 4) is 0 Å². The molecule has 1 rings (SSSR count). The van der Waals surface area contributed by atoms with E-state index in [1.165, 1.54) is 0 Å². The Morgan fingerprint density at radius 3 is 2.60 bits per heavy atom. The summed E-state index contributed by atoms with van der Waals surface area (Å²) in [6.07, 6.45) is -2.94. The summed E-state index contributed by atoms with van der Waals surface area (Å²) in [5, 5.41) is 9.55. The molecule has 8 heteroatoms.